The second-order valence-electron chi connectivity index (χ2n) is 8.44. The third-order valence-electron chi connectivity index (χ3n) is 6.20. The van der Waals surface area contributed by atoms with Gasteiger partial charge >= 0.3 is 5.69 Å². The number of nitrogens with zero attached hydrogens (tertiary/aromatic N) is 3. The topological polar surface area (TPSA) is 56.9 Å². The molecular formula is C26H24ClN3O2. The van der Waals surface area contributed by atoms with Crippen LogP contribution >= 0.6 is 11.6 Å². The van der Waals surface area contributed by atoms with Crippen LogP contribution in [0.2, 0.25) is 5.02 Å². The van der Waals surface area contributed by atoms with Crippen molar-refractivity contribution in [3.8, 4) is 11.4 Å². The lowest BCUT2D eigenvalue weighted by atomic mass is 9.98. The molecule has 162 valence electrons. The molecule has 1 fully saturated rings. The number of aryl methyl sites for hydroxylation is 1. The van der Waals surface area contributed by atoms with Crippen LogP contribution in [0.25, 0.3) is 22.2 Å². The molecule has 1 aliphatic carbocycles. The van der Waals surface area contributed by atoms with Crippen LogP contribution in [0.1, 0.15) is 43.8 Å². The summed E-state index contributed by atoms with van der Waals surface area (Å²) in [5, 5.41) is 7.56. The highest BCUT2D eigenvalue weighted by atomic mass is 35.5. The van der Waals surface area contributed by atoms with Crippen LogP contribution in [0.3, 0.4) is 0 Å². The van der Waals surface area contributed by atoms with E-state index in [0.29, 0.717) is 23.7 Å². The maximum absolute atomic E-state index is 13.2. The standard InChI is InChI=1S/C26H24ClN3O2/c1-17(24(31)16-11-19-7-4-6-18-5-2-3-8-23(18)19)30-26(32)29(22-14-15-22)25(28-30)20-9-12-21(27)13-10-20/h2-10,12-13,17,22H,11,14-16H2,1H3. The summed E-state index contributed by atoms with van der Waals surface area (Å²) in [7, 11) is 0. The molecule has 0 N–H and O–H groups in total. The molecule has 0 radical (unpaired) electrons. The molecule has 32 heavy (non-hydrogen) atoms. The first-order valence-corrected chi connectivity index (χ1v) is 11.4. The average Bonchev–Trinajstić information content (AvgIpc) is 3.59. The van der Waals surface area contributed by atoms with Crippen molar-refractivity contribution in [1.29, 1.82) is 0 Å². The molecule has 0 spiro atoms. The van der Waals surface area contributed by atoms with Gasteiger partial charge in [0.2, 0.25) is 0 Å². The third-order valence-corrected chi connectivity index (χ3v) is 6.45. The molecule has 6 heteroatoms. The highest BCUT2D eigenvalue weighted by Crippen LogP contribution is 2.37. The van der Waals surface area contributed by atoms with Crippen LogP contribution in [-0.2, 0) is 11.2 Å². The number of benzene rings is 3. The normalized spacial score (nSPS) is 14.6. The van der Waals surface area contributed by atoms with Gasteiger partial charge in [0.05, 0.1) is 0 Å². The van der Waals surface area contributed by atoms with E-state index in [9.17, 15) is 9.59 Å². The number of halogens is 1. The van der Waals surface area contributed by atoms with Gasteiger partial charge in [-0.3, -0.25) is 9.36 Å². The second-order valence-corrected chi connectivity index (χ2v) is 8.88. The molecule has 4 aromatic rings. The lowest BCUT2D eigenvalue weighted by molar-refractivity contribution is -0.122. The molecule has 0 aliphatic heterocycles. The predicted molar refractivity (Wildman–Crippen MR) is 127 cm³/mol. The predicted octanol–water partition coefficient (Wildman–Crippen LogP) is 5.62. The van der Waals surface area contributed by atoms with Gasteiger partial charge in [-0.15, -0.1) is 5.10 Å². The maximum Gasteiger partial charge on any atom is 0.347 e. The zero-order valence-corrected chi connectivity index (χ0v) is 18.6. The second kappa shape index (κ2) is 8.40. The van der Waals surface area contributed by atoms with Crippen molar-refractivity contribution in [3.05, 3.63) is 87.8 Å². The van der Waals surface area contributed by atoms with Gasteiger partial charge in [0.1, 0.15) is 6.04 Å². The molecule has 1 aliphatic rings. The molecular weight excluding hydrogens is 422 g/mol. The first-order valence-electron chi connectivity index (χ1n) is 11.0. The fourth-order valence-corrected chi connectivity index (χ4v) is 4.34. The summed E-state index contributed by atoms with van der Waals surface area (Å²) in [6, 6.07) is 21.2. The number of fused-ring (bicyclic) bond motifs is 1. The van der Waals surface area contributed by atoms with E-state index < -0.39 is 6.04 Å². The Kier molecular flexibility index (Phi) is 5.43. The Morgan fingerprint density at radius 1 is 1.06 bits per heavy atom. The molecule has 1 saturated carbocycles. The minimum atomic E-state index is -0.622. The Labute approximate surface area is 191 Å². The average molecular weight is 446 g/mol. The summed E-state index contributed by atoms with van der Waals surface area (Å²) in [5.41, 5.74) is 1.75. The molecule has 0 amide bonds. The van der Waals surface area contributed by atoms with E-state index in [1.165, 1.54) is 4.68 Å². The first kappa shape index (κ1) is 20.7. The summed E-state index contributed by atoms with van der Waals surface area (Å²) in [6.45, 7) is 1.77. The number of hydrogen-bond donors (Lipinski definition) is 0. The minimum Gasteiger partial charge on any atom is -0.297 e. The number of Topliss-reactive ketones (excluding diaryl/α,β-unsaturated/α-hetero) is 1. The Morgan fingerprint density at radius 2 is 1.78 bits per heavy atom. The van der Waals surface area contributed by atoms with Gasteiger partial charge in [-0.05, 0) is 66.8 Å². The van der Waals surface area contributed by atoms with Crippen LogP contribution in [0, 0.1) is 0 Å². The Balaban J connectivity index is 1.40. The third kappa shape index (κ3) is 3.89. The van der Waals surface area contributed by atoms with Crippen LogP contribution < -0.4 is 5.69 Å². The fraction of sp³-hybridized carbons (Fsp3) is 0.269. The number of carbonyl (C=O) groups excluding carboxylic acids is 1. The number of aromatic nitrogens is 3. The summed E-state index contributed by atoms with van der Waals surface area (Å²) in [6.07, 6.45) is 2.89. The lowest BCUT2D eigenvalue weighted by Crippen LogP contribution is -2.30. The van der Waals surface area contributed by atoms with E-state index >= 15 is 0 Å². The summed E-state index contributed by atoms with van der Waals surface area (Å²) in [5.74, 6) is 0.603. The van der Waals surface area contributed by atoms with Crippen LogP contribution in [0.15, 0.2) is 71.5 Å². The molecule has 0 saturated heterocycles. The number of ketones is 1. The van der Waals surface area contributed by atoms with Crippen LogP contribution in [0.4, 0.5) is 0 Å². The Bertz CT molecular complexity index is 1340. The van der Waals surface area contributed by atoms with E-state index in [-0.39, 0.29) is 17.5 Å². The summed E-state index contributed by atoms with van der Waals surface area (Å²) in [4.78, 5) is 26.3. The largest absolute Gasteiger partial charge is 0.347 e. The van der Waals surface area contributed by atoms with E-state index in [2.05, 4.69) is 29.4 Å². The zero-order chi connectivity index (χ0) is 22.2. The van der Waals surface area contributed by atoms with Gasteiger partial charge in [0.25, 0.3) is 0 Å². The molecule has 5 nitrogen and oxygen atoms in total. The van der Waals surface area contributed by atoms with Crippen LogP contribution in [-0.4, -0.2) is 20.1 Å². The summed E-state index contributed by atoms with van der Waals surface area (Å²) < 4.78 is 3.09. The monoisotopic (exact) mass is 445 g/mol. The van der Waals surface area contributed by atoms with E-state index in [4.69, 9.17) is 11.6 Å². The van der Waals surface area contributed by atoms with Crippen molar-refractivity contribution in [2.45, 2.75) is 44.7 Å². The van der Waals surface area contributed by atoms with Gasteiger partial charge < -0.3 is 0 Å². The zero-order valence-electron chi connectivity index (χ0n) is 17.9. The first-order chi connectivity index (χ1) is 15.5. The van der Waals surface area contributed by atoms with E-state index in [0.717, 1.165) is 34.7 Å². The molecule has 1 unspecified atom stereocenters. The highest BCUT2D eigenvalue weighted by Gasteiger charge is 2.32. The molecule has 3 aromatic carbocycles. The maximum atomic E-state index is 13.2. The fourth-order valence-electron chi connectivity index (χ4n) is 4.22. The smallest absolute Gasteiger partial charge is 0.297 e. The van der Waals surface area contributed by atoms with Crippen LogP contribution in [0.5, 0.6) is 0 Å². The Hall–Kier alpha value is -3.18. The molecule has 1 aromatic heterocycles. The molecule has 1 atom stereocenters. The van der Waals surface area contributed by atoms with E-state index in [1.54, 1.807) is 23.6 Å². The van der Waals surface area contributed by atoms with Crippen molar-refractivity contribution < 1.29 is 4.79 Å². The van der Waals surface area contributed by atoms with Crippen molar-refractivity contribution >= 4 is 28.2 Å². The molecule has 0 bridgehead atoms. The minimum absolute atomic E-state index is 0.00290. The molecule has 5 rings (SSSR count). The number of hydrogen-bond acceptors (Lipinski definition) is 3. The quantitative estimate of drug-likeness (QED) is 0.371. The molecule has 1 heterocycles. The van der Waals surface area contributed by atoms with Gasteiger partial charge in [-0.1, -0.05) is 54.1 Å². The van der Waals surface area contributed by atoms with Crippen molar-refractivity contribution in [2.75, 3.05) is 0 Å². The van der Waals surface area contributed by atoms with Gasteiger partial charge in [-0.2, -0.15) is 0 Å². The van der Waals surface area contributed by atoms with Gasteiger partial charge in [-0.25, -0.2) is 9.48 Å². The van der Waals surface area contributed by atoms with Gasteiger partial charge in [0.15, 0.2) is 11.6 Å². The highest BCUT2D eigenvalue weighted by molar-refractivity contribution is 6.30. The number of carbonyl (C=O) groups is 1. The number of rotatable bonds is 7. The Morgan fingerprint density at radius 3 is 2.53 bits per heavy atom. The van der Waals surface area contributed by atoms with Crippen molar-refractivity contribution in [1.82, 2.24) is 14.3 Å². The van der Waals surface area contributed by atoms with Gasteiger partial charge in [0, 0.05) is 23.0 Å². The van der Waals surface area contributed by atoms with E-state index in [1.807, 2.05) is 30.3 Å². The summed E-state index contributed by atoms with van der Waals surface area (Å²) >= 11 is 6.03. The van der Waals surface area contributed by atoms with Crippen molar-refractivity contribution in [2.24, 2.45) is 0 Å². The van der Waals surface area contributed by atoms with Crippen molar-refractivity contribution in [3.63, 3.8) is 0 Å². The lowest BCUT2D eigenvalue weighted by Gasteiger charge is -2.11. The SMILES string of the molecule is CC(C(=O)CCc1cccc2ccccc12)n1nc(-c2ccc(Cl)cc2)n(C2CC2)c1=O.